The minimum Gasteiger partial charge on any atom is -0.489 e. The molecule has 3 aromatic carbocycles. The lowest BCUT2D eigenvalue weighted by Crippen LogP contribution is -2.41. The number of hydrogen-bond acceptors (Lipinski definition) is 9. The van der Waals surface area contributed by atoms with Crippen LogP contribution >= 0.6 is 0 Å². The van der Waals surface area contributed by atoms with E-state index in [-0.39, 0.29) is 38.0 Å². The van der Waals surface area contributed by atoms with Crippen LogP contribution in [0.3, 0.4) is 0 Å². The summed E-state index contributed by atoms with van der Waals surface area (Å²) in [6.07, 6.45) is 0.235. The van der Waals surface area contributed by atoms with Crippen molar-refractivity contribution >= 4 is 35.5 Å². The summed E-state index contributed by atoms with van der Waals surface area (Å²) in [6, 6.07) is 20.7. The minimum atomic E-state index is -0.672. The summed E-state index contributed by atoms with van der Waals surface area (Å²) in [4.78, 5) is 24.3. The van der Waals surface area contributed by atoms with Crippen molar-refractivity contribution in [3.63, 3.8) is 0 Å². The maximum Gasteiger partial charge on any atom is 0.498 e. The number of rotatable bonds is 13. The second-order valence-corrected chi connectivity index (χ2v) is 12.2. The number of ether oxygens (including phenoxy) is 4. The molecule has 0 amide bonds. The largest absolute Gasteiger partial charge is 0.498 e. The van der Waals surface area contributed by atoms with Gasteiger partial charge in [0.15, 0.2) is 0 Å². The number of fused-ring (bicyclic) bond motifs is 1. The van der Waals surface area contributed by atoms with Gasteiger partial charge in [-0.15, -0.1) is 0 Å². The molecule has 0 N–H and O–H groups in total. The first-order valence-electron chi connectivity index (χ1n) is 15.6. The van der Waals surface area contributed by atoms with Crippen LogP contribution in [0.15, 0.2) is 71.1 Å². The molecule has 9 nitrogen and oxygen atoms in total. The Balaban J connectivity index is 1.42. The molecule has 0 aliphatic carbocycles. The average Bonchev–Trinajstić information content (AvgIpc) is 3.51. The lowest BCUT2D eigenvalue weighted by Gasteiger charge is -2.32. The zero-order valence-electron chi connectivity index (χ0n) is 27.3. The van der Waals surface area contributed by atoms with Gasteiger partial charge in [0.2, 0.25) is 0 Å². The lowest BCUT2D eigenvalue weighted by atomic mass is 9.77. The van der Waals surface area contributed by atoms with Gasteiger partial charge in [-0.1, -0.05) is 42.5 Å². The van der Waals surface area contributed by atoms with Crippen molar-refractivity contribution in [1.29, 1.82) is 0 Å². The molecule has 1 fully saturated rings. The van der Waals surface area contributed by atoms with Crippen LogP contribution in [-0.4, -0.2) is 43.5 Å². The average molecular weight is 629 g/mol. The van der Waals surface area contributed by atoms with Crippen LogP contribution in [0.4, 0.5) is 0 Å². The fourth-order valence-electron chi connectivity index (χ4n) is 5.22. The van der Waals surface area contributed by atoms with E-state index < -0.39 is 18.3 Å². The lowest BCUT2D eigenvalue weighted by molar-refractivity contribution is -0.143. The van der Waals surface area contributed by atoms with E-state index in [1.165, 1.54) is 0 Å². The van der Waals surface area contributed by atoms with Crippen molar-refractivity contribution in [2.75, 3.05) is 13.2 Å². The van der Waals surface area contributed by atoms with Crippen molar-refractivity contribution in [1.82, 2.24) is 0 Å². The molecule has 46 heavy (non-hydrogen) atoms. The predicted octanol–water partition coefficient (Wildman–Crippen LogP) is 6.10. The van der Waals surface area contributed by atoms with Gasteiger partial charge in [-0.2, -0.15) is 0 Å². The zero-order valence-corrected chi connectivity index (χ0v) is 27.3. The van der Waals surface area contributed by atoms with Gasteiger partial charge < -0.3 is 32.7 Å². The Kier molecular flexibility index (Phi) is 10.1. The molecular formula is C36H41BO9. The van der Waals surface area contributed by atoms with Crippen LogP contribution in [0.2, 0.25) is 0 Å². The molecule has 0 saturated carbocycles. The molecule has 0 radical (unpaired) electrons. The second-order valence-electron chi connectivity index (χ2n) is 12.2. The fraction of sp³-hybridized carbons (Fsp3) is 0.389. The van der Waals surface area contributed by atoms with Crippen molar-refractivity contribution in [2.24, 2.45) is 0 Å². The number of esters is 2. The highest BCUT2D eigenvalue weighted by Crippen LogP contribution is 2.37. The molecule has 0 atom stereocenters. The van der Waals surface area contributed by atoms with E-state index in [2.05, 4.69) is 0 Å². The molecule has 4 aromatic rings. The molecule has 1 aliphatic rings. The first-order valence-corrected chi connectivity index (χ1v) is 15.6. The Morgan fingerprint density at radius 1 is 0.717 bits per heavy atom. The third-order valence-electron chi connectivity index (χ3n) is 8.25. The van der Waals surface area contributed by atoms with Crippen LogP contribution in [0, 0.1) is 0 Å². The minimum absolute atomic E-state index is 0.114. The van der Waals surface area contributed by atoms with Gasteiger partial charge in [0, 0.05) is 22.0 Å². The first kappa shape index (κ1) is 33.1. The van der Waals surface area contributed by atoms with Crippen LogP contribution < -0.4 is 14.9 Å². The SMILES string of the molecule is CCOC(=O)Cc1ccccc1OCc1cc(B2OC(C)(C)C(C)(C)O2)c2oc(COc3ccccc3CC(=O)OCC)cc2c1. The summed E-state index contributed by atoms with van der Waals surface area (Å²) in [7, 11) is -0.672. The van der Waals surface area contributed by atoms with Gasteiger partial charge >= 0.3 is 19.1 Å². The molecule has 1 aliphatic heterocycles. The van der Waals surface area contributed by atoms with Crippen molar-refractivity contribution in [2.45, 2.75) is 78.8 Å². The summed E-state index contributed by atoms with van der Waals surface area (Å²) < 4.78 is 41.8. The Bertz CT molecular complexity index is 1670. The predicted molar refractivity (Wildman–Crippen MR) is 174 cm³/mol. The van der Waals surface area contributed by atoms with Crippen LogP contribution in [0.1, 0.15) is 64.0 Å². The van der Waals surface area contributed by atoms with E-state index in [1.807, 2.05) is 94.4 Å². The van der Waals surface area contributed by atoms with E-state index in [9.17, 15) is 9.59 Å². The number of carbonyl (C=O) groups is 2. The molecule has 2 heterocycles. The zero-order chi connectivity index (χ0) is 32.9. The second kappa shape index (κ2) is 14.0. The van der Waals surface area contributed by atoms with E-state index in [0.29, 0.717) is 36.1 Å². The maximum atomic E-state index is 12.2. The Morgan fingerprint density at radius 2 is 1.24 bits per heavy atom. The number of para-hydroxylation sites is 2. The third kappa shape index (κ3) is 7.57. The monoisotopic (exact) mass is 628 g/mol. The van der Waals surface area contributed by atoms with Crippen molar-refractivity contribution in [3.8, 4) is 11.5 Å². The maximum absolute atomic E-state index is 12.2. The molecule has 0 unspecified atom stereocenters. The van der Waals surface area contributed by atoms with Gasteiger partial charge in [-0.25, -0.2) is 0 Å². The Labute approximate surface area is 270 Å². The van der Waals surface area contributed by atoms with Gasteiger partial charge in [0.1, 0.15) is 36.1 Å². The Morgan fingerprint density at radius 3 is 1.78 bits per heavy atom. The number of carbonyl (C=O) groups excluding carboxylic acids is 2. The smallest absolute Gasteiger partial charge is 0.489 e. The summed E-state index contributed by atoms with van der Waals surface area (Å²) in [6.45, 7) is 12.6. The number of benzene rings is 3. The molecule has 242 valence electrons. The fourth-order valence-corrected chi connectivity index (χ4v) is 5.22. The van der Waals surface area contributed by atoms with Crippen molar-refractivity contribution < 1.29 is 42.3 Å². The highest BCUT2D eigenvalue weighted by molar-refractivity contribution is 6.64. The highest BCUT2D eigenvalue weighted by Gasteiger charge is 2.52. The summed E-state index contributed by atoms with van der Waals surface area (Å²) in [5.74, 6) is 1.16. The topological polar surface area (TPSA) is 103 Å². The summed E-state index contributed by atoms with van der Waals surface area (Å²) in [5, 5.41) is 0.837. The number of hydrogen-bond donors (Lipinski definition) is 0. The normalized spacial score (nSPS) is 15.1. The van der Waals surface area contributed by atoms with Gasteiger partial charge in [0.05, 0.1) is 37.3 Å². The molecule has 0 bridgehead atoms. The first-order chi connectivity index (χ1) is 22.0. The molecule has 5 rings (SSSR count). The highest BCUT2D eigenvalue weighted by atomic mass is 16.7. The van der Waals surface area contributed by atoms with Gasteiger partial charge in [-0.3, -0.25) is 9.59 Å². The van der Waals surface area contributed by atoms with E-state index >= 15 is 0 Å². The summed E-state index contributed by atoms with van der Waals surface area (Å²) in [5.41, 5.74) is 2.62. The molecule has 0 spiro atoms. The standard InChI is InChI=1S/C36H41BO9/c1-7-40-32(38)20-25-13-9-11-15-30(25)42-22-24-17-27-19-28(23-43-31-16-12-10-14-26(31)21-33(39)41-8-2)44-34(27)29(18-24)37-45-35(3,4)36(5,6)46-37/h9-19H,7-8,20-23H2,1-6H3. The third-order valence-corrected chi connectivity index (χ3v) is 8.25. The summed E-state index contributed by atoms with van der Waals surface area (Å²) >= 11 is 0. The molecule has 1 aromatic heterocycles. The van der Waals surface area contributed by atoms with Gasteiger partial charge in [-0.05, 0) is 71.4 Å². The Hall–Kier alpha value is -4.28. The van der Waals surface area contributed by atoms with Crippen LogP contribution in [0.25, 0.3) is 11.0 Å². The van der Waals surface area contributed by atoms with Gasteiger partial charge in [0.25, 0.3) is 0 Å². The van der Waals surface area contributed by atoms with Crippen molar-refractivity contribution in [3.05, 3.63) is 89.2 Å². The van der Waals surface area contributed by atoms with E-state index in [4.69, 9.17) is 32.7 Å². The molecule has 1 saturated heterocycles. The molecule has 10 heteroatoms. The number of furan rings is 1. The van der Waals surface area contributed by atoms with Crippen LogP contribution in [0.5, 0.6) is 11.5 Å². The van der Waals surface area contributed by atoms with E-state index in [0.717, 1.165) is 27.5 Å². The quantitative estimate of drug-likeness (QED) is 0.128. The van der Waals surface area contributed by atoms with E-state index in [1.54, 1.807) is 13.8 Å². The van der Waals surface area contributed by atoms with Crippen LogP contribution in [-0.2, 0) is 54.4 Å². The molecular weight excluding hydrogens is 587 g/mol.